The van der Waals surface area contributed by atoms with Crippen LogP contribution in [0.3, 0.4) is 0 Å². The number of nitrogens with zero attached hydrogens (tertiary/aromatic N) is 3. The van der Waals surface area contributed by atoms with Crippen LogP contribution in [0.25, 0.3) is 0 Å². The second kappa shape index (κ2) is 2.83. The van der Waals surface area contributed by atoms with Crippen LogP contribution >= 0.6 is 0 Å². The van der Waals surface area contributed by atoms with Gasteiger partial charge >= 0.3 is 5.69 Å². The van der Waals surface area contributed by atoms with Crippen molar-refractivity contribution in [2.45, 2.75) is 25.3 Å². The van der Waals surface area contributed by atoms with E-state index in [2.05, 4.69) is 11.9 Å². The summed E-state index contributed by atoms with van der Waals surface area (Å²) in [5.41, 5.74) is -0.106. The Kier molecular flexibility index (Phi) is 1.87. The van der Waals surface area contributed by atoms with E-state index >= 15 is 0 Å². The molecule has 0 aliphatic heterocycles. The van der Waals surface area contributed by atoms with E-state index in [1.807, 2.05) is 31.3 Å². The van der Waals surface area contributed by atoms with E-state index in [9.17, 15) is 4.79 Å². The van der Waals surface area contributed by atoms with Crippen LogP contribution in [-0.2, 0) is 5.54 Å². The minimum absolute atomic E-state index is 0.0366. The molecule has 1 aromatic rings. The number of hydrogen-bond donors (Lipinski definition) is 0. The average Bonchev–Trinajstić information content (AvgIpc) is 2.84. The summed E-state index contributed by atoms with van der Waals surface area (Å²) in [4.78, 5) is 17.5. The van der Waals surface area contributed by atoms with Crippen molar-refractivity contribution in [3.05, 3.63) is 22.7 Å². The highest BCUT2D eigenvalue weighted by atomic mass is 16.1. The number of rotatable bonds is 2. The summed E-state index contributed by atoms with van der Waals surface area (Å²) in [5.74, 6) is 0.718. The zero-order valence-corrected chi connectivity index (χ0v) is 8.82. The second-order valence-corrected chi connectivity index (χ2v) is 4.33. The molecule has 0 atom stereocenters. The van der Waals surface area contributed by atoms with Gasteiger partial charge in [0.1, 0.15) is 5.82 Å². The highest BCUT2D eigenvalue weighted by Crippen LogP contribution is 2.41. The molecule has 0 N–H and O–H groups in total. The first kappa shape index (κ1) is 9.24. The third-order valence-corrected chi connectivity index (χ3v) is 2.80. The molecular formula is C10H15N3O. The number of anilines is 1. The molecule has 1 aliphatic rings. The first-order valence-electron chi connectivity index (χ1n) is 4.80. The van der Waals surface area contributed by atoms with Crippen LogP contribution in [0, 0.1) is 0 Å². The topological polar surface area (TPSA) is 38.1 Å². The maximum Gasteiger partial charge on any atom is 0.350 e. The van der Waals surface area contributed by atoms with Gasteiger partial charge in [-0.25, -0.2) is 4.79 Å². The van der Waals surface area contributed by atoms with Crippen molar-refractivity contribution in [3.63, 3.8) is 0 Å². The van der Waals surface area contributed by atoms with Gasteiger partial charge in [0.2, 0.25) is 0 Å². The van der Waals surface area contributed by atoms with Crippen LogP contribution < -0.4 is 10.6 Å². The van der Waals surface area contributed by atoms with Crippen molar-refractivity contribution in [1.82, 2.24) is 9.55 Å². The van der Waals surface area contributed by atoms with Gasteiger partial charge in [-0.05, 0) is 25.8 Å². The summed E-state index contributed by atoms with van der Waals surface area (Å²) in [6, 6.07) is 1.88. The molecule has 76 valence electrons. The molecule has 0 bridgehead atoms. The van der Waals surface area contributed by atoms with Crippen molar-refractivity contribution in [2.75, 3.05) is 19.0 Å². The summed E-state index contributed by atoms with van der Waals surface area (Å²) < 4.78 is 1.74. The molecule has 0 aromatic carbocycles. The van der Waals surface area contributed by atoms with E-state index < -0.39 is 0 Å². The second-order valence-electron chi connectivity index (χ2n) is 4.33. The van der Waals surface area contributed by atoms with Gasteiger partial charge in [0, 0.05) is 25.8 Å². The third kappa shape index (κ3) is 1.41. The van der Waals surface area contributed by atoms with E-state index in [4.69, 9.17) is 0 Å². The molecule has 1 saturated carbocycles. The van der Waals surface area contributed by atoms with Crippen LogP contribution in [-0.4, -0.2) is 23.6 Å². The maximum absolute atomic E-state index is 11.7. The fraction of sp³-hybridized carbons (Fsp3) is 0.600. The lowest BCUT2D eigenvalue weighted by Crippen LogP contribution is -2.31. The third-order valence-electron chi connectivity index (χ3n) is 2.80. The SMILES string of the molecule is CN(C)c1ccn(C2(C)CC2)c(=O)n1. The van der Waals surface area contributed by atoms with Gasteiger partial charge in [0.15, 0.2) is 0 Å². The minimum atomic E-state index is -0.142. The van der Waals surface area contributed by atoms with E-state index in [-0.39, 0.29) is 11.2 Å². The predicted molar refractivity (Wildman–Crippen MR) is 55.7 cm³/mol. The molecule has 14 heavy (non-hydrogen) atoms. The Labute approximate surface area is 83.2 Å². The molecule has 4 heteroatoms. The molecule has 2 rings (SSSR count). The molecule has 1 fully saturated rings. The molecule has 0 saturated heterocycles. The summed E-state index contributed by atoms with van der Waals surface area (Å²) >= 11 is 0. The zero-order valence-electron chi connectivity index (χ0n) is 8.82. The maximum atomic E-state index is 11.7. The van der Waals surface area contributed by atoms with E-state index in [1.165, 1.54) is 0 Å². The van der Waals surface area contributed by atoms with Crippen LogP contribution in [0.4, 0.5) is 5.82 Å². The van der Waals surface area contributed by atoms with Crippen LogP contribution in [0.1, 0.15) is 19.8 Å². The standard InChI is InChI=1S/C10H15N3O/c1-10(5-6-10)13-7-4-8(12(2)3)11-9(13)14/h4,7H,5-6H2,1-3H3. The molecule has 4 nitrogen and oxygen atoms in total. The van der Waals surface area contributed by atoms with Gasteiger partial charge in [0.05, 0.1) is 0 Å². The Morgan fingerprint density at radius 3 is 2.57 bits per heavy atom. The first-order valence-corrected chi connectivity index (χ1v) is 4.80. The monoisotopic (exact) mass is 193 g/mol. The Balaban J connectivity index is 2.42. The van der Waals surface area contributed by atoms with Gasteiger partial charge in [-0.3, -0.25) is 4.57 Å². The Bertz CT molecular complexity index is 404. The average molecular weight is 193 g/mol. The molecule has 0 amide bonds. The lowest BCUT2D eigenvalue weighted by atomic mass is 10.3. The van der Waals surface area contributed by atoms with Crippen molar-refractivity contribution >= 4 is 5.82 Å². The van der Waals surface area contributed by atoms with Crippen LogP contribution in [0.2, 0.25) is 0 Å². The van der Waals surface area contributed by atoms with Gasteiger partial charge in [-0.1, -0.05) is 0 Å². The fourth-order valence-electron chi connectivity index (χ4n) is 1.48. The van der Waals surface area contributed by atoms with Crippen LogP contribution in [0.5, 0.6) is 0 Å². The predicted octanol–water partition coefficient (Wildman–Crippen LogP) is 0.818. The lowest BCUT2D eigenvalue weighted by molar-refractivity contribution is 0.501. The molecule has 1 aliphatic carbocycles. The molecular weight excluding hydrogens is 178 g/mol. The van der Waals surface area contributed by atoms with Gasteiger partial charge in [-0.2, -0.15) is 4.98 Å². The van der Waals surface area contributed by atoms with E-state index in [1.54, 1.807) is 4.57 Å². The zero-order chi connectivity index (χ0) is 10.3. The van der Waals surface area contributed by atoms with E-state index in [0.29, 0.717) is 0 Å². The van der Waals surface area contributed by atoms with E-state index in [0.717, 1.165) is 18.7 Å². The van der Waals surface area contributed by atoms with Crippen molar-refractivity contribution in [3.8, 4) is 0 Å². The summed E-state index contributed by atoms with van der Waals surface area (Å²) in [7, 11) is 3.76. The van der Waals surface area contributed by atoms with Crippen molar-refractivity contribution in [1.29, 1.82) is 0 Å². The fourth-order valence-corrected chi connectivity index (χ4v) is 1.48. The summed E-state index contributed by atoms with van der Waals surface area (Å²) in [6.45, 7) is 2.09. The highest BCUT2D eigenvalue weighted by molar-refractivity contribution is 5.34. The smallest absolute Gasteiger partial charge is 0.350 e. The Hall–Kier alpha value is -1.32. The normalized spacial score (nSPS) is 17.9. The minimum Gasteiger partial charge on any atom is -0.363 e. The highest BCUT2D eigenvalue weighted by Gasteiger charge is 2.40. The van der Waals surface area contributed by atoms with Gasteiger partial charge < -0.3 is 4.90 Å². The summed E-state index contributed by atoms with van der Waals surface area (Å²) in [5, 5.41) is 0. The quantitative estimate of drug-likeness (QED) is 0.698. The van der Waals surface area contributed by atoms with Crippen LogP contribution in [0.15, 0.2) is 17.1 Å². The lowest BCUT2D eigenvalue weighted by Gasteiger charge is -2.15. The first-order chi connectivity index (χ1) is 6.53. The number of hydrogen-bond acceptors (Lipinski definition) is 3. The van der Waals surface area contributed by atoms with Gasteiger partial charge in [-0.15, -0.1) is 0 Å². The molecule has 0 unspecified atom stereocenters. The molecule has 1 aromatic heterocycles. The van der Waals surface area contributed by atoms with Crippen molar-refractivity contribution in [2.24, 2.45) is 0 Å². The molecule has 0 spiro atoms. The summed E-state index contributed by atoms with van der Waals surface area (Å²) in [6.07, 6.45) is 4.00. The van der Waals surface area contributed by atoms with Gasteiger partial charge in [0.25, 0.3) is 0 Å². The molecule has 0 radical (unpaired) electrons. The molecule has 1 heterocycles. The van der Waals surface area contributed by atoms with Crippen molar-refractivity contribution < 1.29 is 0 Å². The Morgan fingerprint density at radius 1 is 1.50 bits per heavy atom. The largest absolute Gasteiger partial charge is 0.363 e. The Morgan fingerprint density at radius 2 is 2.14 bits per heavy atom. The number of aromatic nitrogens is 2.